The molecule has 1 N–H and O–H groups in total. The van der Waals surface area contributed by atoms with Gasteiger partial charge in [0.05, 0.1) is 13.2 Å². The highest BCUT2D eigenvalue weighted by atomic mass is 16.5. The van der Waals surface area contributed by atoms with Crippen LogP contribution in [0.2, 0.25) is 0 Å². The molecule has 0 radical (unpaired) electrons. The van der Waals surface area contributed by atoms with Crippen LogP contribution in [0.1, 0.15) is 38.3 Å². The summed E-state index contributed by atoms with van der Waals surface area (Å²) in [7, 11) is 0. The topological polar surface area (TPSA) is 21.3 Å². The molecule has 1 aromatic carbocycles. The van der Waals surface area contributed by atoms with Crippen molar-refractivity contribution in [3.8, 4) is 0 Å². The van der Waals surface area contributed by atoms with Crippen molar-refractivity contribution in [2.45, 2.75) is 45.9 Å². The number of hydrogen-bond donors (Lipinski definition) is 1. The Morgan fingerprint density at radius 2 is 1.89 bits per heavy atom. The SMILES string of the molecule is C=CCCOCc1ccccc1CNC(C)(C)C. The number of ether oxygens (including phenoxy) is 1. The summed E-state index contributed by atoms with van der Waals surface area (Å²) in [6.07, 6.45) is 2.79. The Morgan fingerprint density at radius 3 is 2.50 bits per heavy atom. The largest absolute Gasteiger partial charge is 0.376 e. The summed E-state index contributed by atoms with van der Waals surface area (Å²) in [5, 5.41) is 3.51. The van der Waals surface area contributed by atoms with E-state index in [1.807, 2.05) is 6.08 Å². The molecule has 0 spiro atoms. The van der Waals surface area contributed by atoms with Gasteiger partial charge in [0.2, 0.25) is 0 Å². The third-order valence-electron chi connectivity index (χ3n) is 2.65. The van der Waals surface area contributed by atoms with E-state index < -0.39 is 0 Å². The zero-order valence-electron chi connectivity index (χ0n) is 11.8. The number of hydrogen-bond acceptors (Lipinski definition) is 2. The van der Waals surface area contributed by atoms with Crippen LogP contribution in [0, 0.1) is 0 Å². The Labute approximate surface area is 111 Å². The second-order valence-corrected chi connectivity index (χ2v) is 5.50. The summed E-state index contributed by atoms with van der Waals surface area (Å²) in [5.74, 6) is 0. The summed E-state index contributed by atoms with van der Waals surface area (Å²) < 4.78 is 5.63. The van der Waals surface area contributed by atoms with Gasteiger partial charge in [0.15, 0.2) is 0 Å². The molecule has 0 bridgehead atoms. The van der Waals surface area contributed by atoms with Gasteiger partial charge in [-0.15, -0.1) is 6.58 Å². The molecule has 0 aliphatic heterocycles. The smallest absolute Gasteiger partial charge is 0.0720 e. The van der Waals surface area contributed by atoms with Crippen molar-refractivity contribution in [1.82, 2.24) is 5.32 Å². The minimum Gasteiger partial charge on any atom is -0.376 e. The zero-order valence-corrected chi connectivity index (χ0v) is 11.8. The van der Waals surface area contributed by atoms with Crippen LogP contribution in [-0.4, -0.2) is 12.1 Å². The van der Waals surface area contributed by atoms with Crippen LogP contribution >= 0.6 is 0 Å². The average Bonchev–Trinajstić information content (AvgIpc) is 2.32. The van der Waals surface area contributed by atoms with Gasteiger partial charge in [0.25, 0.3) is 0 Å². The maximum absolute atomic E-state index is 5.63. The maximum atomic E-state index is 5.63. The van der Waals surface area contributed by atoms with E-state index in [2.05, 4.69) is 56.9 Å². The van der Waals surface area contributed by atoms with Gasteiger partial charge in [-0.1, -0.05) is 30.3 Å². The first-order valence-corrected chi connectivity index (χ1v) is 6.53. The molecule has 18 heavy (non-hydrogen) atoms. The second-order valence-electron chi connectivity index (χ2n) is 5.50. The first-order valence-electron chi connectivity index (χ1n) is 6.53. The van der Waals surface area contributed by atoms with E-state index >= 15 is 0 Å². The van der Waals surface area contributed by atoms with Gasteiger partial charge in [-0.3, -0.25) is 0 Å². The molecule has 100 valence electrons. The molecule has 0 amide bonds. The molecular formula is C16H25NO. The van der Waals surface area contributed by atoms with E-state index in [9.17, 15) is 0 Å². The van der Waals surface area contributed by atoms with Crippen molar-refractivity contribution in [1.29, 1.82) is 0 Å². The highest BCUT2D eigenvalue weighted by Gasteiger charge is 2.10. The van der Waals surface area contributed by atoms with Crippen molar-refractivity contribution < 1.29 is 4.74 Å². The quantitative estimate of drug-likeness (QED) is 0.586. The van der Waals surface area contributed by atoms with Crippen LogP contribution in [0.3, 0.4) is 0 Å². The van der Waals surface area contributed by atoms with Crippen LogP contribution in [0.5, 0.6) is 0 Å². The fraction of sp³-hybridized carbons (Fsp3) is 0.500. The Balaban J connectivity index is 2.53. The van der Waals surface area contributed by atoms with Crippen molar-refractivity contribution in [2.75, 3.05) is 6.61 Å². The van der Waals surface area contributed by atoms with Crippen LogP contribution in [0.25, 0.3) is 0 Å². The molecule has 0 heterocycles. The van der Waals surface area contributed by atoms with E-state index in [1.165, 1.54) is 11.1 Å². The number of benzene rings is 1. The molecule has 1 rings (SSSR count). The summed E-state index contributed by atoms with van der Waals surface area (Å²) in [6.45, 7) is 12.5. The second kappa shape index (κ2) is 7.34. The van der Waals surface area contributed by atoms with E-state index in [1.54, 1.807) is 0 Å². The lowest BCUT2D eigenvalue weighted by atomic mass is 10.1. The van der Waals surface area contributed by atoms with Crippen molar-refractivity contribution in [3.63, 3.8) is 0 Å². The molecule has 0 aromatic heterocycles. The normalized spacial score (nSPS) is 11.5. The molecule has 1 aromatic rings. The van der Waals surface area contributed by atoms with Gasteiger partial charge in [-0.25, -0.2) is 0 Å². The Hall–Kier alpha value is -1.12. The van der Waals surface area contributed by atoms with E-state index in [0.29, 0.717) is 6.61 Å². The Bertz CT molecular complexity index is 366. The Morgan fingerprint density at radius 1 is 1.22 bits per heavy atom. The predicted molar refractivity (Wildman–Crippen MR) is 77.5 cm³/mol. The van der Waals surface area contributed by atoms with Gasteiger partial charge in [-0.05, 0) is 38.3 Å². The van der Waals surface area contributed by atoms with Gasteiger partial charge in [0.1, 0.15) is 0 Å². The molecule has 0 aliphatic rings. The number of nitrogens with one attached hydrogen (secondary N) is 1. The van der Waals surface area contributed by atoms with Gasteiger partial charge < -0.3 is 10.1 Å². The zero-order chi connectivity index (χ0) is 13.4. The highest BCUT2D eigenvalue weighted by molar-refractivity contribution is 5.26. The fourth-order valence-electron chi connectivity index (χ4n) is 1.58. The minimum absolute atomic E-state index is 0.136. The van der Waals surface area contributed by atoms with E-state index in [4.69, 9.17) is 4.74 Å². The molecule has 0 unspecified atom stereocenters. The molecule has 0 saturated heterocycles. The lowest BCUT2D eigenvalue weighted by Gasteiger charge is -2.21. The van der Waals surface area contributed by atoms with Crippen molar-refractivity contribution in [3.05, 3.63) is 48.0 Å². The van der Waals surface area contributed by atoms with Crippen LogP contribution in [0.15, 0.2) is 36.9 Å². The summed E-state index contributed by atoms with van der Waals surface area (Å²) in [6, 6.07) is 8.43. The molecular weight excluding hydrogens is 222 g/mol. The molecule has 2 heteroatoms. The van der Waals surface area contributed by atoms with Crippen molar-refractivity contribution >= 4 is 0 Å². The number of rotatable bonds is 7. The van der Waals surface area contributed by atoms with Crippen LogP contribution < -0.4 is 5.32 Å². The Kier molecular flexibility index (Phi) is 6.10. The fourth-order valence-corrected chi connectivity index (χ4v) is 1.58. The summed E-state index contributed by atoms with van der Waals surface area (Å²) in [4.78, 5) is 0. The molecule has 2 nitrogen and oxygen atoms in total. The van der Waals surface area contributed by atoms with E-state index in [-0.39, 0.29) is 5.54 Å². The predicted octanol–water partition coefficient (Wildman–Crippen LogP) is 3.67. The molecule has 0 fully saturated rings. The standard InChI is InChI=1S/C16H25NO/c1-5-6-11-18-13-15-10-8-7-9-14(15)12-17-16(2,3)4/h5,7-10,17H,1,6,11-13H2,2-4H3. The maximum Gasteiger partial charge on any atom is 0.0720 e. The summed E-state index contributed by atoms with van der Waals surface area (Å²) in [5.41, 5.74) is 2.71. The lowest BCUT2D eigenvalue weighted by molar-refractivity contribution is 0.124. The van der Waals surface area contributed by atoms with Gasteiger partial charge in [-0.2, -0.15) is 0 Å². The molecule has 0 atom stereocenters. The van der Waals surface area contributed by atoms with Gasteiger partial charge >= 0.3 is 0 Å². The van der Waals surface area contributed by atoms with Gasteiger partial charge in [0, 0.05) is 12.1 Å². The lowest BCUT2D eigenvalue weighted by Crippen LogP contribution is -2.35. The monoisotopic (exact) mass is 247 g/mol. The minimum atomic E-state index is 0.136. The highest BCUT2D eigenvalue weighted by Crippen LogP contribution is 2.12. The van der Waals surface area contributed by atoms with E-state index in [0.717, 1.165) is 19.6 Å². The summed E-state index contributed by atoms with van der Waals surface area (Å²) >= 11 is 0. The molecule has 0 saturated carbocycles. The first kappa shape index (κ1) is 14.9. The molecule has 0 aliphatic carbocycles. The van der Waals surface area contributed by atoms with Crippen molar-refractivity contribution in [2.24, 2.45) is 0 Å². The first-order chi connectivity index (χ1) is 8.53. The van der Waals surface area contributed by atoms with Crippen LogP contribution in [-0.2, 0) is 17.9 Å². The third kappa shape index (κ3) is 5.99. The average molecular weight is 247 g/mol. The third-order valence-corrected chi connectivity index (χ3v) is 2.65. The van der Waals surface area contributed by atoms with Crippen LogP contribution in [0.4, 0.5) is 0 Å².